The predicted octanol–water partition coefficient (Wildman–Crippen LogP) is 16.1. The van der Waals surface area contributed by atoms with Gasteiger partial charge in [0.15, 0.2) is 0 Å². The topological polar surface area (TPSA) is 3.24 Å². The quantitative estimate of drug-likeness (QED) is 0.168. The minimum atomic E-state index is -0.463. The minimum absolute atomic E-state index is 0.463. The molecule has 1 heterocycles. The molecule has 0 unspecified atom stereocenters. The van der Waals surface area contributed by atoms with Crippen LogP contribution in [0.1, 0.15) is 46.2 Å². The van der Waals surface area contributed by atoms with E-state index in [0.717, 1.165) is 18.5 Å². The molecule has 0 saturated heterocycles. The van der Waals surface area contributed by atoms with Crippen LogP contribution in [0, 0.1) is 0 Å². The number of rotatable bonds is 5. The van der Waals surface area contributed by atoms with E-state index in [-0.39, 0.29) is 0 Å². The second-order valence-corrected chi connectivity index (χ2v) is 18.0. The highest BCUT2D eigenvalue weighted by molar-refractivity contribution is 7.26. The largest absolute Gasteiger partial charge is 0.308 e. The summed E-state index contributed by atoms with van der Waals surface area (Å²) in [6, 6.07) is 75.7. The number of nitrogens with zero attached hydrogens (tertiary/aromatic N) is 1. The maximum Gasteiger partial charge on any atom is 0.0726 e. The van der Waals surface area contributed by atoms with Crippen molar-refractivity contribution in [2.75, 3.05) is 4.90 Å². The first kappa shape index (κ1) is 34.8. The molecular formula is C59H41NS. The van der Waals surface area contributed by atoms with Gasteiger partial charge >= 0.3 is 0 Å². The van der Waals surface area contributed by atoms with Crippen LogP contribution in [0.4, 0.5) is 17.1 Å². The van der Waals surface area contributed by atoms with E-state index in [1.54, 1.807) is 0 Å². The second-order valence-electron chi connectivity index (χ2n) is 17.0. The van der Waals surface area contributed by atoms with Crippen molar-refractivity contribution in [3.63, 3.8) is 0 Å². The van der Waals surface area contributed by atoms with E-state index in [1.165, 1.54) is 122 Å². The van der Waals surface area contributed by atoms with E-state index in [2.05, 4.69) is 205 Å². The van der Waals surface area contributed by atoms with E-state index in [1.807, 2.05) is 11.3 Å². The fraction of sp³-hybridized carbons (Fsp3) is 0.0847. The Morgan fingerprint density at radius 3 is 1.74 bits per heavy atom. The summed E-state index contributed by atoms with van der Waals surface area (Å²) >= 11 is 1.90. The fourth-order valence-corrected chi connectivity index (χ4v) is 12.5. The first-order chi connectivity index (χ1) is 30.3. The van der Waals surface area contributed by atoms with Crippen molar-refractivity contribution in [1.29, 1.82) is 0 Å². The lowest BCUT2D eigenvalue weighted by molar-refractivity contribution is 0.687. The van der Waals surface area contributed by atoms with Gasteiger partial charge in [-0.2, -0.15) is 0 Å². The number of aryl methyl sites for hydroxylation is 1. The van der Waals surface area contributed by atoms with E-state index in [9.17, 15) is 0 Å². The van der Waals surface area contributed by atoms with Crippen molar-refractivity contribution in [2.45, 2.75) is 31.1 Å². The summed E-state index contributed by atoms with van der Waals surface area (Å²) in [4.78, 5) is 2.60. The molecule has 0 aliphatic heterocycles. The molecule has 0 amide bonds. The number of benzene rings is 9. The lowest BCUT2D eigenvalue weighted by atomic mass is 9.70. The van der Waals surface area contributed by atoms with E-state index >= 15 is 0 Å². The summed E-state index contributed by atoms with van der Waals surface area (Å²) in [7, 11) is 0. The smallest absolute Gasteiger partial charge is 0.0726 e. The van der Waals surface area contributed by atoms with Crippen molar-refractivity contribution in [3.05, 3.63) is 234 Å². The predicted molar refractivity (Wildman–Crippen MR) is 258 cm³/mol. The average Bonchev–Trinajstić information content (AvgIpc) is 3.96. The van der Waals surface area contributed by atoms with E-state index < -0.39 is 5.41 Å². The Bertz CT molecular complexity index is 3330. The molecule has 61 heavy (non-hydrogen) atoms. The number of hydrogen-bond acceptors (Lipinski definition) is 2. The first-order valence-electron chi connectivity index (χ1n) is 21.7. The zero-order chi connectivity index (χ0) is 40.1. The molecule has 13 rings (SSSR count). The Labute approximate surface area is 360 Å². The summed E-state index contributed by atoms with van der Waals surface area (Å²) in [5, 5.41) is 2.61. The van der Waals surface area contributed by atoms with Crippen molar-refractivity contribution in [2.24, 2.45) is 0 Å². The summed E-state index contributed by atoms with van der Waals surface area (Å²) < 4.78 is 2.61. The molecule has 1 nitrogen and oxygen atoms in total. The second kappa shape index (κ2) is 13.5. The summed E-state index contributed by atoms with van der Waals surface area (Å²) in [5.74, 6) is 0. The maximum absolute atomic E-state index is 2.61. The Balaban J connectivity index is 1.17. The van der Waals surface area contributed by atoms with Crippen molar-refractivity contribution < 1.29 is 0 Å². The molecule has 2 heteroatoms. The highest BCUT2D eigenvalue weighted by atomic mass is 32.1. The van der Waals surface area contributed by atoms with E-state index in [0.29, 0.717) is 0 Å². The Morgan fingerprint density at radius 1 is 0.393 bits per heavy atom. The van der Waals surface area contributed by atoms with Crippen LogP contribution >= 0.6 is 11.3 Å². The molecule has 3 aliphatic carbocycles. The zero-order valence-corrected chi connectivity index (χ0v) is 34.6. The Hall–Kier alpha value is -7.00. The number of anilines is 3. The van der Waals surface area contributed by atoms with E-state index in [4.69, 9.17) is 0 Å². The molecule has 0 N–H and O–H groups in total. The monoisotopic (exact) mass is 795 g/mol. The highest BCUT2D eigenvalue weighted by Gasteiger charge is 2.52. The van der Waals surface area contributed by atoms with Gasteiger partial charge in [0, 0.05) is 26.7 Å². The van der Waals surface area contributed by atoms with Gasteiger partial charge in [-0.1, -0.05) is 164 Å². The van der Waals surface area contributed by atoms with Gasteiger partial charge in [0.1, 0.15) is 0 Å². The molecule has 0 atom stereocenters. The van der Waals surface area contributed by atoms with Gasteiger partial charge in [-0.25, -0.2) is 0 Å². The van der Waals surface area contributed by atoms with Crippen LogP contribution in [-0.4, -0.2) is 0 Å². The molecule has 3 aliphatic rings. The van der Waals surface area contributed by atoms with Crippen molar-refractivity contribution in [1.82, 2.24) is 0 Å². The summed E-state index contributed by atoms with van der Waals surface area (Å²) in [6.07, 6.45) is 4.70. The van der Waals surface area contributed by atoms with Crippen molar-refractivity contribution in [3.8, 4) is 44.5 Å². The standard InChI is InChI=1S/C59H41NS/c1-2-16-38(17-3-1)39-32-34-41(35-33-39)60(55-30-15-26-48-47-24-9-13-31-57(47)61-58(48)55)56-37-54-49(36-50(56)43-25-14-19-40-18-4-5-20-42(40)43)46-23-8-12-29-53(46)59(54)51-27-10-6-21-44(51)45-22-7-11-28-52(45)59/h1-3,6-17,19,21-37H,4-5,18,20H2. The summed E-state index contributed by atoms with van der Waals surface area (Å²) in [6.45, 7) is 0. The van der Waals surface area contributed by atoms with Crippen molar-refractivity contribution >= 4 is 48.6 Å². The molecule has 1 spiro atoms. The minimum Gasteiger partial charge on any atom is -0.308 e. The van der Waals surface area contributed by atoms with Gasteiger partial charge in [-0.05, 0) is 134 Å². The lowest BCUT2D eigenvalue weighted by Gasteiger charge is -2.34. The van der Waals surface area contributed by atoms with Crippen LogP contribution in [-0.2, 0) is 18.3 Å². The molecule has 9 aromatic carbocycles. The van der Waals surface area contributed by atoms with Crippen LogP contribution in [0.15, 0.2) is 200 Å². The number of fused-ring (bicyclic) bond motifs is 14. The van der Waals surface area contributed by atoms with Gasteiger partial charge in [0.05, 0.1) is 21.5 Å². The van der Waals surface area contributed by atoms with Gasteiger partial charge in [0.25, 0.3) is 0 Å². The van der Waals surface area contributed by atoms with Crippen LogP contribution in [0.2, 0.25) is 0 Å². The molecule has 0 saturated carbocycles. The molecule has 0 bridgehead atoms. The third-order valence-corrected chi connectivity index (χ3v) is 15.1. The van der Waals surface area contributed by atoms with Gasteiger partial charge < -0.3 is 4.90 Å². The zero-order valence-electron chi connectivity index (χ0n) is 33.7. The summed E-state index contributed by atoms with van der Waals surface area (Å²) in [5.41, 5.74) is 21.9. The first-order valence-corrected chi connectivity index (χ1v) is 22.5. The molecule has 288 valence electrons. The van der Waals surface area contributed by atoms with Gasteiger partial charge in [-0.3, -0.25) is 0 Å². The molecule has 1 aromatic heterocycles. The number of hydrogen-bond donors (Lipinski definition) is 0. The Morgan fingerprint density at radius 2 is 0.984 bits per heavy atom. The fourth-order valence-electron chi connectivity index (χ4n) is 11.3. The van der Waals surface area contributed by atoms with Gasteiger partial charge in [0.2, 0.25) is 0 Å². The SMILES string of the molecule is c1ccc(-c2ccc(N(c3cc4c(cc3-c3cccc5c3CCCC5)-c3ccccc3C43c4ccccc4-c4ccccc43)c3cccc4c3sc3ccccc34)cc2)cc1. The third kappa shape index (κ3) is 5.00. The normalized spacial score (nSPS) is 14.1. The number of thiophene rings is 1. The molecular weight excluding hydrogens is 755 g/mol. The molecule has 0 fully saturated rings. The average molecular weight is 796 g/mol. The van der Waals surface area contributed by atoms with Crippen LogP contribution in [0.5, 0.6) is 0 Å². The Kier molecular flexibility index (Phi) is 7.71. The lowest BCUT2D eigenvalue weighted by Crippen LogP contribution is -2.26. The third-order valence-electron chi connectivity index (χ3n) is 13.9. The van der Waals surface area contributed by atoms with Crippen LogP contribution in [0.3, 0.4) is 0 Å². The van der Waals surface area contributed by atoms with Gasteiger partial charge in [-0.15, -0.1) is 11.3 Å². The molecule has 10 aromatic rings. The van der Waals surface area contributed by atoms with Crippen LogP contribution in [0.25, 0.3) is 64.7 Å². The highest BCUT2D eigenvalue weighted by Crippen LogP contribution is 2.64. The van der Waals surface area contributed by atoms with Crippen LogP contribution < -0.4 is 4.90 Å². The maximum atomic E-state index is 2.61. The molecule has 0 radical (unpaired) electrons.